The van der Waals surface area contributed by atoms with Crippen molar-refractivity contribution in [3.63, 3.8) is 0 Å². The summed E-state index contributed by atoms with van der Waals surface area (Å²) < 4.78 is 37.6. The number of para-hydroxylation sites is 1. The maximum atomic E-state index is 12.3. The van der Waals surface area contributed by atoms with Crippen LogP contribution in [0, 0.1) is 0 Å². The maximum Gasteiger partial charge on any atom is 0.247 e. The molecule has 0 aromatic heterocycles. The molecular formula is C18H19BrN2O4S. The highest BCUT2D eigenvalue weighted by Gasteiger charge is 2.36. The molecular weight excluding hydrogens is 420 g/mol. The number of rotatable bonds is 5. The molecule has 0 saturated carbocycles. The van der Waals surface area contributed by atoms with E-state index in [4.69, 9.17) is 9.47 Å². The summed E-state index contributed by atoms with van der Waals surface area (Å²) in [5.74, 6) is 1.07. The van der Waals surface area contributed by atoms with Gasteiger partial charge in [0.15, 0.2) is 11.5 Å². The van der Waals surface area contributed by atoms with E-state index in [1.807, 2.05) is 36.4 Å². The Kier molecular flexibility index (Phi) is 5.24. The van der Waals surface area contributed by atoms with Gasteiger partial charge in [0, 0.05) is 16.5 Å². The van der Waals surface area contributed by atoms with Crippen LogP contribution < -0.4 is 9.47 Å². The molecule has 1 aliphatic heterocycles. The van der Waals surface area contributed by atoms with Crippen LogP contribution in [0.3, 0.4) is 0 Å². The van der Waals surface area contributed by atoms with Crippen LogP contribution in [-0.2, 0) is 10.0 Å². The maximum absolute atomic E-state index is 12.3. The molecule has 0 N–H and O–H groups in total. The quantitative estimate of drug-likeness (QED) is 0.715. The molecule has 1 atom stereocenters. The lowest BCUT2D eigenvalue weighted by Gasteiger charge is -2.23. The second-order valence-corrected chi connectivity index (χ2v) is 8.65. The summed E-state index contributed by atoms with van der Waals surface area (Å²) in [4.78, 5) is 0. The molecule has 0 amide bonds. The van der Waals surface area contributed by atoms with Crippen molar-refractivity contribution in [3.05, 3.63) is 58.1 Å². The third kappa shape index (κ3) is 3.57. The predicted molar refractivity (Wildman–Crippen MR) is 104 cm³/mol. The Balaban J connectivity index is 2.07. The van der Waals surface area contributed by atoms with E-state index in [0.29, 0.717) is 29.2 Å². The minimum absolute atomic E-state index is 0.443. The van der Waals surface area contributed by atoms with E-state index in [-0.39, 0.29) is 0 Å². The molecule has 0 fully saturated rings. The van der Waals surface area contributed by atoms with Crippen LogP contribution in [0.15, 0.2) is 52.0 Å². The zero-order valence-corrected chi connectivity index (χ0v) is 17.0. The van der Waals surface area contributed by atoms with E-state index in [2.05, 4.69) is 21.0 Å². The van der Waals surface area contributed by atoms with E-state index in [1.54, 1.807) is 13.2 Å². The lowest BCUT2D eigenvalue weighted by atomic mass is 9.98. The largest absolute Gasteiger partial charge is 0.493 e. The summed E-state index contributed by atoms with van der Waals surface area (Å²) >= 11 is 3.40. The summed E-state index contributed by atoms with van der Waals surface area (Å²) in [6.45, 7) is 0. The van der Waals surface area contributed by atoms with Crippen molar-refractivity contribution in [1.29, 1.82) is 0 Å². The normalized spacial score (nSPS) is 17.2. The molecule has 0 unspecified atom stereocenters. The number of hydrogen-bond acceptors (Lipinski definition) is 5. The van der Waals surface area contributed by atoms with Gasteiger partial charge in [-0.2, -0.15) is 9.52 Å². The van der Waals surface area contributed by atoms with Crippen LogP contribution in [0.4, 0.5) is 0 Å². The smallest absolute Gasteiger partial charge is 0.247 e. The molecule has 2 aromatic rings. The van der Waals surface area contributed by atoms with Crippen LogP contribution in [0.2, 0.25) is 0 Å². The molecule has 1 heterocycles. The van der Waals surface area contributed by atoms with E-state index in [1.165, 1.54) is 7.11 Å². The first-order valence-electron chi connectivity index (χ1n) is 7.89. The Labute approximate surface area is 161 Å². The van der Waals surface area contributed by atoms with Crippen molar-refractivity contribution >= 4 is 31.7 Å². The Bertz CT molecular complexity index is 942. The van der Waals surface area contributed by atoms with E-state index in [0.717, 1.165) is 20.7 Å². The molecule has 138 valence electrons. The average Bonchev–Trinajstić information content (AvgIpc) is 3.07. The fraction of sp³-hybridized carbons (Fsp3) is 0.278. The Morgan fingerprint density at radius 1 is 1.12 bits per heavy atom. The van der Waals surface area contributed by atoms with Crippen molar-refractivity contribution in [3.8, 4) is 11.5 Å². The average molecular weight is 439 g/mol. The fourth-order valence-corrected chi connectivity index (χ4v) is 4.18. The summed E-state index contributed by atoms with van der Waals surface area (Å²) in [5, 5.41) is 4.40. The molecule has 6 nitrogen and oxygen atoms in total. The van der Waals surface area contributed by atoms with Gasteiger partial charge in [0.2, 0.25) is 10.0 Å². The van der Waals surface area contributed by atoms with Gasteiger partial charge >= 0.3 is 0 Å². The van der Waals surface area contributed by atoms with Crippen LogP contribution in [0.5, 0.6) is 11.5 Å². The number of hydrogen-bond donors (Lipinski definition) is 0. The summed E-state index contributed by atoms with van der Waals surface area (Å²) in [6.07, 6.45) is 1.60. The van der Waals surface area contributed by atoms with Gasteiger partial charge in [-0.25, -0.2) is 8.42 Å². The monoisotopic (exact) mass is 438 g/mol. The lowest BCUT2D eigenvalue weighted by Crippen LogP contribution is -2.26. The minimum atomic E-state index is -3.55. The predicted octanol–water partition coefficient (Wildman–Crippen LogP) is 3.58. The van der Waals surface area contributed by atoms with Gasteiger partial charge in [0.05, 0.1) is 32.2 Å². The van der Waals surface area contributed by atoms with Gasteiger partial charge in [-0.15, -0.1) is 0 Å². The van der Waals surface area contributed by atoms with Crippen molar-refractivity contribution in [2.24, 2.45) is 5.10 Å². The summed E-state index contributed by atoms with van der Waals surface area (Å²) in [6, 6.07) is 12.6. The van der Waals surface area contributed by atoms with Crippen LogP contribution in [0.25, 0.3) is 0 Å². The van der Waals surface area contributed by atoms with Crippen LogP contribution in [0.1, 0.15) is 23.6 Å². The van der Waals surface area contributed by atoms with Crippen molar-refractivity contribution in [2.45, 2.75) is 12.5 Å². The Morgan fingerprint density at radius 3 is 2.38 bits per heavy atom. The highest BCUT2D eigenvalue weighted by atomic mass is 79.9. The van der Waals surface area contributed by atoms with Crippen LogP contribution >= 0.6 is 15.9 Å². The molecule has 0 radical (unpaired) electrons. The molecule has 3 rings (SSSR count). The standard InChI is InChI=1S/C18H19BrN2O4S/c1-24-17-6-4-5-14(18(17)25-2)16-11-15(20-21(16)26(3,22)23)12-7-9-13(19)10-8-12/h4-10,16H,11H2,1-3H3/t16-/m0/s1. The Hall–Kier alpha value is -2.06. The number of methoxy groups -OCH3 is 2. The molecule has 0 aliphatic carbocycles. The second kappa shape index (κ2) is 7.28. The number of nitrogens with zero attached hydrogens (tertiary/aromatic N) is 2. The third-order valence-electron chi connectivity index (χ3n) is 4.18. The first-order chi connectivity index (χ1) is 12.3. The van der Waals surface area contributed by atoms with Crippen LogP contribution in [-0.4, -0.2) is 39.0 Å². The van der Waals surface area contributed by atoms with Gasteiger partial charge in [0.1, 0.15) is 0 Å². The molecule has 1 aliphatic rings. The highest BCUT2D eigenvalue weighted by molar-refractivity contribution is 9.10. The van der Waals surface area contributed by atoms with Gasteiger partial charge in [-0.1, -0.05) is 40.2 Å². The van der Waals surface area contributed by atoms with Gasteiger partial charge in [-0.05, 0) is 23.8 Å². The lowest BCUT2D eigenvalue weighted by molar-refractivity contribution is 0.329. The molecule has 2 aromatic carbocycles. The van der Waals surface area contributed by atoms with Crippen molar-refractivity contribution in [1.82, 2.24) is 4.41 Å². The summed E-state index contributed by atoms with van der Waals surface area (Å²) in [7, 11) is -0.464. The van der Waals surface area contributed by atoms with Crippen molar-refractivity contribution < 1.29 is 17.9 Å². The van der Waals surface area contributed by atoms with E-state index >= 15 is 0 Å². The number of hydrazone groups is 1. The minimum Gasteiger partial charge on any atom is -0.493 e. The molecule has 8 heteroatoms. The number of benzene rings is 2. The first kappa shape index (κ1) is 18.7. The highest BCUT2D eigenvalue weighted by Crippen LogP contribution is 2.42. The first-order valence-corrected chi connectivity index (χ1v) is 10.5. The van der Waals surface area contributed by atoms with Crippen molar-refractivity contribution in [2.75, 3.05) is 20.5 Å². The van der Waals surface area contributed by atoms with Gasteiger partial charge < -0.3 is 9.47 Å². The zero-order valence-electron chi connectivity index (χ0n) is 14.6. The number of ether oxygens (including phenoxy) is 2. The van der Waals surface area contributed by atoms with Gasteiger partial charge in [-0.3, -0.25) is 0 Å². The van der Waals surface area contributed by atoms with Gasteiger partial charge in [0.25, 0.3) is 0 Å². The number of halogens is 1. The zero-order chi connectivity index (χ0) is 18.9. The Morgan fingerprint density at radius 2 is 1.81 bits per heavy atom. The van der Waals surface area contributed by atoms with E-state index in [9.17, 15) is 8.42 Å². The second-order valence-electron chi connectivity index (χ2n) is 5.89. The fourth-order valence-electron chi connectivity index (χ4n) is 3.02. The molecule has 0 bridgehead atoms. The molecule has 0 saturated heterocycles. The molecule has 0 spiro atoms. The third-order valence-corrected chi connectivity index (χ3v) is 5.73. The summed E-state index contributed by atoms with van der Waals surface area (Å²) in [5.41, 5.74) is 2.30. The number of sulfonamides is 1. The topological polar surface area (TPSA) is 68.2 Å². The van der Waals surface area contributed by atoms with E-state index < -0.39 is 16.1 Å². The SMILES string of the molecule is COc1cccc([C@@H]2CC(c3ccc(Br)cc3)=NN2S(C)(=O)=O)c1OC. The molecule has 26 heavy (non-hydrogen) atoms.